The van der Waals surface area contributed by atoms with E-state index >= 15 is 0 Å². The van der Waals surface area contributed by atoms with Crippen molar-refractivity contribution >= 4 is 11.7 Å². The van der Waals surface area contributed by atoms with E-state index in [0.29, 0.717) is 17.0 Å². The average molecular weight is 441 g/mol. The van der Waals surface area contributed by atoms with Gasteiger partial charge in [-0.1, -0.05) is 23.4 Å². The van der Waals surface area contributed by atoms with Crippen molar-refractivity contribution in [3.05, 3.63) is 66.1 Å². The Morgan fingerprint density at radius 3 is 2.72 bits per heavy atom. The lowest BCUT2D eigenvalue weighted by molar-refractivity contribution is -0.119. The molecule has 4 N–H and O–H groups in total. The Kier molecular flexibility index (Phi) is 5.85. The molecular formula is C20H17F2N7O3. The molecule has 1 atom stereocenters. The summed E-state index contributed by atoms with van der Waals surface area (Å²) in [4.78, 5) is 19.4. The van der Waals surface area contributed by atoms with Crippen molar-refractivity contribution in [2.24, 2.45) is 5.73 Å². The van der Waals surface area contributed by atoms with Gasteiger partial charge < -0.3 is 20.7 Å². The van der Waals surface area contributed by atoms with Crippen LogP contribution in [-0.4, -0.2) is 48.6 Å². The van der Waals surface area contributed by atoms with Crippen LogP contribution in [0.15, 0.2) is 53.4 Å². The van der Waals surface area contributed by atoms with Gasteiger partial charge >= 0.3 is 0 Å². The number of aromatic nitrogens is 5. The summed E-state index contributed by atoms with van der Waals surface area (Å²) in [7, 11) is 0. The van der Waals surface area contributed by atoms with Crippen LogP contribution in [0.3, 0.4) is 0 Å². The number of carbonyl (C=O) groups excluding carboxylic acids is 1. The van der Waals surface area contributed by atoms with Gasteiger partial charge in [0.05, 0.1) is 25.0 Å². The fourth-order valence-corrected chi connectivity index (χ4v) is 2.95. The molecule has 1 aromatic carbocycles. The van der Waals surface area contributed by atoms with Crippen LogP contribution in [0.25, 0.3) is 22.9 Å². The van der Waals surface area contributed by atoms with Gasteiger partial charge in [0.25, 0.3) is 0 Å². The smallest absolute Gasteiger partial charge is 0.242 e. The van der Waals surface area contributed by atoms with Gasteiger partial charge in [0, 0.05) is 11.6 Å². The summed E-state index contributed by atoms with van der Waals surface area (Å²) in [5.74, 6) is -2.45. The predicted molar refractivity (Wildman–Crippen MR) is 108 cm³/mol. The fourth-order valence-electron chi connectivity index (χ4n) is 2.95. The predicted octanol–water partition coefficient (Wildman–Crippen LogP) is 1.58. The minimum Gasteiger partial charge on any atom is -0.394 e. The maximum Gasteiger partial charge on any atom is 0.242 e. The zero-order chi connectivity index (χ0) is 22.7. The molecule has 0 saturated carbocycles. The highest BCUT2D eigenvalue weighted by atomic mass is 19.1. The molecule has 0 spiro atoms. The number of amides is 1. The van der Waals surface area contributed by atoms with E-state index in [1.54, 1.807) is 30.3 Å². The largest absolute Gasteiger partial charge is 0.394 e. The number of aliphatic hydroxyl groups is 1. The third kappa shape index (κ3) is 4.30. The van der Waals surface area contributed by atoms with Gasteiger partial charge in [-0.15, -0.1) is 0 Å². The van der Waals surface area contributed by atoms with Crippen molar-refractivity contribution in [3.63, 3.8) is 0 Å². The van der Waals surface area contributed by atoms with E-state index in [1.165, 1.54) is 17.0 Å². The quantitative estimate of drug-likeness (QED) is 0.374. The first-order valence-corrected chi connectivity index (χ1v) is 9.38. The van der Waals surface area contributed by atoms with Crippen LogP contribution in [0.1, 0.15) is 5.56 Å². The molecule has 0 aliphatic heterocycles. The molecule has 1 unspecified atom stereocenters. The molecule has 0 aliphatic rings. The summed E-state index contributed by atoms with van der Waals surface area (Å²) >= 11 is 0. The highest BCUT2D eigenvalue weighted by Crippen LogP contribution is 2.26. The molecule has 12 heteroatoms. The fraction of sp³-hybridized carbons (Fsp3) is 0.150. The Bertz CT molecular complexity index is 1240. The van der Waals surface area contributed by atoms with Crippen LogP contribution in [-0.2, 0) is 11.3 Å². The standard InChI is InChI=1S/C20H17F2N7O3/c21-12-4-2-1-3-11(12)9-29-17(14-5-6-32-28-14)7-15(27-29)20-24-8-13(22)19(26-20)25-16(10-30)18(23)31/h1-8,16,30H,9-10H2,(H2,23,31)(H,24,25,26). The maximum absolute atomic E-state index is 14.2. The van der Waals surface area contributed by atoms with E-state index in [9.17, 15) is 18.7 Å². The summed E-state index contributed by atoms with van der Waals surface area (Å²) in [6.45, 7) is -0.572. The van der Waals surface area contributed by atoms with Crippen molar-refractivity contribution in [2.45, 2.75) is 12.6 Å². The molecule has 1 amide bonds. The van der Waals surface area contributed by atoms with E-state index in [-0.39, 0.29) is 23.9 Å². The van der Waals surface area contributed by atoms with Crippen molar-refractivity contribution < 1.29 is 23.2 Å². The monoisotopic (exact) mass is 441 g/mol. The van der Waals surface area contributed by atoms with E-state index in [1.807, 2.05) is 0 Å². The van der Waals surface area contributed by atoms with Crippen molar-refractivity contribution in [3.8, 4) is 22.9 Å². The van der Waals surface area contributed by atoms with Gasteiger partial charge in [0.1, 0.15) is 29.5 Å². The minimum atomic E-state index is -1.24. The van der Waals surface area contributed by atoms with E-state index in [4.69, 9.17) is 10.3 Å². The Hall–Kier alpha value is -4.19. The number of hydrogen-bond acceptors (Lipinski definition) is 8. The SMILES string of the molecule is NC(=O)C(CO)Nc1nc(-c2cc(-c3ccon3)n(Cc3ccccc3F)n2)ncc1F. The second-order valence-corrected chi connectivity index (χ2v) is 6.72. The number of anilines is 1. The number of benzene rings is 1. The van der Waals surface area contributed by atoms with E-state index in [2.05, 4.69) is 25.5 Å². The van der Waals surface area contributed by atoms with Crippen LogP contribution in [0.2, 0.25) is 0 Å². The zero-order valence-electron chi connectivity index (χ0n) is 16.4. The van der Waals surface area contributed by atoms with Gasteiger partial charge in [-0.2, -0.15) is 5.10 Å². The molecule has 3 heterocycles. The Balaban J connectivity index is 1.74. The normalized spacial score (nSPS) is 12.0. The maximum atomic E-state index is 14.2. The van der Waals surface area contributed by atoms with Crippen molar-refractivity contribution in [2.75, 3.05) is 11.9 Å². The van der Waals surface area contributed by atoms with Crippen LogP contribution in [0.5, 0.6) is 0 Å². The molecule has 0 radical (unpaired) electrons. The first-order chi connectivity index (χ1) is 15.5. The zero-order valence-corrected chi connectivity index (χ0v) is 16.4. The Morgan fingerprint density at radius 2 is 2.03 bits per heavy atom. The molecule has 0 bridgehead atoms. The van der Waals surface area contributed by atoms with E-state index in [0.717, 1.165) is 6.20 Å². The molecule has 0 saturated heterocycles. The Labute approximate surface area is 179 Å². The van der Waals surface area contributed by atoms with Gasteiger partial charge in [-0.3, -0.25) is 9.48 Å². The van der Waals surface area contributed by atoms with Gasteiger partial charge in [-0.25, -0.2) is 18.7 Å². The average Bonchev–Trinajstić information content (AvgIpc) is 3.44. The highest BCUT2D eigenvalue weighted by Gasteiger charge is 2.20. The molecular weight excluding hydrogens is 424 g/mol. The Morgan fingerprint density at radius 1 is 1.22 bits per heavy atom. The number of carbonyl (C=O) groups is 1. The molecule has 0 fully saturated rings. The molecule has 3 aromatic heterocycles. The first-order valence-electron chi connectivity index (χ1n) is 9.38. The molecule has 4 rings (SSSR count). The third-order valence-corrected chi connectivity index (χ3v) is 4.57. The third-order valence-electron chi connectivity index (χ3n) is 4.57. The number of primary amides is 1. The molecule has 10 nitrogen and oxygen atoms in total. The number of hydrogen-bond donors (Lipinski definition) is 3. The first kappa shape index (κ1) is 21.1. The lowest BCUT2D eigenvalue weighted by Crippen LogP contribution is -2.38. The van der Waals surface area contributed by atoms with Crippen LogP contribution >= 0.6 is 0 Å². The second-order valence-electron chi connectivity index (χ2n) is 6.72. The molecule has 32 heavy (non-hydrogen) atoms. The van der Waals surface area contributed by atoms with E-state index < -0.39 is 30.2 Å². The number of halogens is 2. The van der Waals surface area contributed by atoms with Crippen LogP contribution in [0.4, 0.5) is 14.6 Å². The minimum absolute atomic E-state index is 0.0205. The molecule has 0 aliphatic carbocycles. The number of nitrogens with one attached hydrogen (secondary N) is 1. The number of aliphatic hydroxyl groups excluding tert-OH is 1. The summed E-state index contributed by atoms with van der Waals surface area (Å²) in [5, 5.41) is 20.0. The molecule has 4 aromatic rings. The number of nitrogens with two attached hydrogens (primary N) is 1. The molecule has 164 valence electrons. The van der Waals surface area contributed by atoms with Gasteiger partial charge in [0.2, 0.25) is 5.91 Å². The summed E-state index contributed by atoms with van der Waals surface area (Å²) in [5.41, 5.74) is 6.73. The van der Waals surface area contributed by atoms with Crippen LogP contribution < -0.4 is 11.1 Å². The summed E-state index contributed by atoms with van der Waals surface area (Å²) in [6, 6.07) is 8.21. The lowest BCUT2D eigenvalue weighted by Gasteiger charge is -2.13. The topological polar surface area (TPSA) is 145 Å². The van der Waals surface area contributed by atoms with Crippen molar-refractivity contribution in [1.82, 2.24) is 24.9 Å². The number of rotatable bonds is 8. The van der Waals surface area contributed by atoms with Gasteiger partial charge in [0.15, 0.2) is 17.5 Å². The second kappa shape index (κ2) is 8.89. The van der Waals surface area contributed by atoms with Crippen molar-refractivity contribution in [1.29, 1.82) is 0 Å². The van der Waals surface area contributed by atoms with Gasteiger partial charge in [-0.05, 0) is 12.1 Å². The summed E-state index contributed by atoms with van der Waals surface area (Å²) in [6.07, 6.45) is 2.27. The number of nitrogens with zero attached hydrogens (tertiary/aromatic N) is 5. The highest BCUT2D eigenvalue weighted by molar-refractivity contribution is 5.82. The summed E-state index contributed by atoms with van der Waals surface area (Å²) < 4.78 is 34.8. The van der Waals surface area contributed by atoms with Crippen LogP contribution in [0, 0.1) is 11.6 Å². The lowest BCUT2D eigenvalue weighted by atomic mass is 10.2.